The first-order chi connectivity index (χ1) is 3.70. The summed E-state index contributed by atoms with van der Waals surface area (Å²) >= 11 is 0. The highest BCUT2D eigenvalue weighted by molar-refractivity contribution is 4.94. The Hall–Kier alpha value is -0.990. The molecule has 0 unspecified atom stereocenters. The van der Waals surface area contributed by atoms with Crippen molar-refractivity contribution in [2.45, 2.75) is 6.92 Å². The molecular weight excluding hydrogens is 104 g/mol. The molecule has 0 aliphatic rings. The van der Waals surface area contributed by atoms with Gasteiger partial charge in [-0.3, -0.25) is 9.48 Å². The molecule has 0 radical (unpaired) electrons. The molecule has 3 nitrogen and oxygen atoms in total. The van der Waals surface area contributed by atoms with Crippen molar-refractivity contribution >= 4 is 0 Å². The maximum absolute atomic E-state index is 10.6. The molecule has 0 bridgehead atoms. The zero-order valence-corrected chi connectivity index (χ0v) is 4.93. The monoisotopic (exact) mass is 114 g/mol. The van der Waals surface area contributed by atoms with Crippen molar-refractivity contribution in [3.05, 3.63) is 22.1 Å². The molecule has 0 aliphatic heterocycles. The number of rotatable bonds is 0. The van der Waals surface area contributed by atoms with Crippen LogP contribution >= 0.6 is 0 Å². The van der Waals surface area contributed by atoms with E-state index >= 15 is 0 Å². The highest BCUT2D eigenvalue weighted by Crippen LogP contribution is 1.80. The van der Waals surface area contributed by atoms with Gasteiger partial charge in [0.25, 0.3) is 5.56 Å². The Bertz CT molecular complexity index is 237. The minimum absolute atomic E-state index is 0. The molecule has 0 amide bonds. The lowest BCUT2D eigenvalue weighted by molar-refractivity contribution is 0.731. The maximum Gasteiger partial charge on any atom is 0.266 e. The van der Waals surface area contributed by atoms with E-state index in [2.05, 4.69) is 5.10 Å². The molecule has 1 aromatic heterocycles. The molecule has 1 heterocycles. The summed E-state index contributed by atoms with van der Waals surface area (Å²) in [7, 11) is 1.69. The van der Waals surface area contributed by atoms with Crippen LogP contribution in [0.1, 0.15) is 7.12 Å². The van der Waals surface area contributed by atoms with Crippen molar-refractivity contribution in [1.29, 1.82) is 0 Å². The first-order valence-corrected chi connectivity index (χ1v) is 2.43. The molecule has 0 aromatic carbocycles. The Morgan fingerprint density at radius 2 is 2.50 bits per heavy atom. The summed E-state index contributed by atoms with van der Waals surface area (Å²) in [6, 6.07) is 1.56. The number of aromatic amines is 1. The van der Waals surface area contributed by atoms with Crippen LogP contribution in [0, 0.1) is 6.92 Å². The second kappa shape index (κ2) is 1.51. The van der Waals surface area contributed by atoms with E-state index in [0.29, 0.717) is 0 Å². The first-order valence-electron chi connectivity index (χ1n) is 2.43. The van der Waals surface area contributed by atoms with Gasteiger partial charge in [0.15, 0.2) is 0 Å². The standard InChI is InChI=1S/C5H8N2O.H2/c1-4-3-5(8)7(2)6-4;/h3,6H,1-2H3;1H. The molecule has 0 aliphatic carbocycles. The van der Waals surface area contributed by atoms with Crippen molar-refractivity contribution < 1.29 is 1.43 Å². The minimum atomic E-state index is 0. The fraction of sp³-hybridized carbons (Fsp3) is 0.400. The van der Waals surface area contributed by atoms with Crippen molar-refractivity contribution in [3.63, 3.8) is 0 Å². The largest absolute Gasteiger partial charge is 0.300 e. The van der Waals surface area contributed by atoms with E-state index in [-0.39, 0.29) is 6.99 Å². The van der Waals surface area contributed by atoms with Crippen LogP contribution in [0.2, 0.25) is 0 Å². The summed E-state index contributed by atoms with van der Waals surface area (Å²) in [5, 5.41) is 2.81. The summed E-state index contributed by atoms with van der Waals surface area (Å²) in [5.41, 5.74) is 0.917. The molecule has 1 rings (SSSR count). The second-order valence-electron chi connectivity index (χ2n) is 1.84. The van der Waals surface area contributed by atoms with E-state index in [1.54, 1.807) is 13.1 Å². The summed E-state index contributed by atoms with van der Waals surface area (Å²) < 4.78 is 1.44. The van der Waals surface area contributed by atoms with Gasteiger partial charge in [0.2, 0.25) is 0 Å². The highest BCUT2D eigenvalue weighted by atomic mass is 16.1. The van der Waals surface area contributed by atoms with Gasteiger partial charge in [-0.15, -0.1) is 0 Å². The molecule has 8 heavy (non-hydrogen) atoms. The van der Waals surface area contributed by atoms with Gasteiger partial charge in [0.05, 0.1) is 0 Å². The topological polar surface area (TPSA) is 37.8 Å². The van der Waals surface area contributed by atoms with Gasteiger partial charge in [-0.25, -0.2) is 0 Å². The summed E-state index contributed by atoms with van der Waals surface area (Å²) in [6.07, 6.45) is 0. The molecular formula is C5H10N2O. The smallest absolute Gasteiger partial charge is 0.266 e. The quantitative estimate of drug-likeness (QED) is 0.516. The van der Waals surface area contributed by atoms with Gasteiger partial charge in [-0.2, -0.15) is 0 Å². The van der Waals surface area contributed by atoms with Crippen molar-refractivity contribution in [3.8, 4) is 0 Å². The number of nitrogens with zero attached hydrogens (tertiary/aromatic N) is 1. The fourth-order valence-electron chi connectivity index (χ4n) is 0.634. The maximum atomic E-state index is 10.6. The van der Waals surface area contributed by atoms with Crippen LogP contribution in [0.4, 0.5) is 0 Å². The van der Waals surface area contributed by atoms with Crippen molar-refractivity contribution in [1.82, 2.24) is 9.78 Å². The summed E-state index contributed by atoms with van der Waals surface area (Å²) in [4.78, 5) is 10.6. The van der Waals surface area contributed by atoms with Crippen LogP contribution in [-0.4, -0.2) is 9.78 Å². The lowest BCUT2D eigenvalue weighted by Gasteiger charge is -1.83. The molecule has 3 heteroatoms. The number of aryl methyl sites for hydroxylation is 2. The number of aromatic nitrogens is 2. The molecule has 0 fully saturated rings. The number of hydrogen-bond donors (Lipinski definition) is 1. The van der Waals surface area contributed by atoms with E-state index in [1.807, 2.05) is 6.92 Å². The Kier molecular flexibility index (Phi) is 0.970. The molecule has 0 atom stereocenters. The van der Waals surface area contributed by atoms with E-state index in [0.717, 1.165) is 5.69 Å². The predicted octanol–water partition coefficient (Wildman–Crippen LogP) is 0.268. The Morgan fingerprint density at radius 3 is 2.62 bits per heavy atom. The molecule has 1 aromatic rings. The lowest BCUT2D eigenvalue weighted by atomic mass is 10.5. The van der Waals surface area contributed by atoms with Crippen LogP contribution in [0.25, 0.3) is 0 Å². The normalized spacial score (nSPS) is 9.75. The SMILES string of the molecule is Cc1cc(=O)n(C)[nH]1.[HH]. The third-order valence-electron chi connectivity index (χ3n) is 1.01. The van der Waals surface area contributed by atoms with Crippen LogP contribution in [-0.2, 0) is 7.05 Å². The summed E-state index contributed by atoms with van der Waals surface area (Å²) in [6.45, 7) is 1.85. The minimum Gasteiger partial charge on any atom is -0.300 e. The van der Waals surface area contributed by atoms with Crippen LogP contribution in [0.15, 0.2) is 10.9 Å². The zero-order chi connectivity index (χ0) is 6.15. The second-order valence-corrected chi connectivity index (χ2v) is 1.84. The van der Waals surface area contributed by atoms with Gasteiger partial charge in [-0.1, -0.05) is 0 Å². The molecule has 0 saturated carbocycles. The Labute approximate surface area is 48.4 Å². The predicted molar refractivity (Wildman–Crippen MR) is 32.9 cm³/mol. The summed E-state index contributed by atoms with van der Waals surface area (Å²) in [5.74, 6) is 0. The van der Waals surface area contributed by atoms with Gasteiger partial charge in [0, 0.05) is 20.2 Å². The van der Waals surface area contributed by atoms with E-state index in [9.17, 15) is 4.79 Å². The lowest BCUT2D eigenvalue weighted by Crippen LogP contribution is -2.09. The van der Waals surface area contributed by atoms with E-state index in [1.165, 1.54) is 4.68 Å². The van der Waals surface area contributed by atoms with Crippen LogP contribution < -0.4 is 5.56 Å². The third-order valence-corrected chi connectivity index (χ3v) is 1.01. The highest BCUT2D eigenvalue weighted by Gasteiger charge is 1.89. The van der Waals surface area contributed by atoms with Crippen LogP contribution in [0.3, 0.4) is 0 Å². The van der Waals surface area contributed by atoms with Gasteiger partial charge in [0.1, 0.15) is 0 Å². The number of hydrogen-bond acceptors (Lipinski definition) is 1. The van der Waals surface area contributed by atoms with Crippen molar-refractivity contribution in [2.24, 2.45) is 7.05 Å². The van der Waals surface area contributed by atoms with Gasteiger partial charge >= 0.3 is 0 Å². The molecule has 1 N–H and O–H groups in total. The van der Waals surface area contributed by atoms with Crippen LogP contribution in [0.5, 0.6) is 0 Å². The van der Waals surface area contributed by atoms with Gasteiger partial charge in [-0.05, 0) is 6.92 Å². The van der Waals surface area contributed by atoms with E-state index in [4.69, 9.17) is 0 Å². The molecule has 0 saturated heterocycles. The van der Waals surface area contributed by atoms with E-state index < -0.39 is 0 Å². The third kappa shape index (κ3) is 0.665. The number of nitrogens with one attached hydrogen (secondary N) is 1. The zero-order valence-electron chi connectivity index (χ0n) is 4.93. The van der Waals surface area contributed by atoms with Gasteiger partial charge < -0.3 is 5.10 Å². The number of H-pyrrole nitrogens is 1. The average Bonchev–Trinajstić information content (AvgIpc) is 1.85. The average molecular weight is 114 g/mol. The Morgan fingerprint density at radius 1 is 1.88 bits per heavy atom. The van der Waals surface area contributed by atoms with Crippen molar-refractivity contribution in [2.75, 3.05) is 0 Å². The molecule has 0 spiro atoms. The molecule has 46 valence electrons. The first kappa shape index (κ1) is 5.15. The fourth-order valence-corrected chi connectivity index (χ4v) is 0.634. The Balaban J connectivity index is 0.000000640.